The molecule has 8 heteroatoms. The summed E-state index contributed by atoms with van der Waals surface area (Å²) in [6.45, 7) is 5.35. The van der Waals surface area contributed by atoms with Gasteiger partial charge in [-0.1, -0.05) is 19.1 Å². The molecule has 4 rings (SSSR count). The molecule has 0 spiro atoms. The van der Waals surface area contributed by atoms with E-state index >= 15 is 0 Å². The van der Waals surface area contributed by atoms with Crippen LogP contribution in [0.3, 0.4) is 0 Å². The zero-order chi connectivity index (χ0) is 23.4. The first kappa shape index (κ1) is 23.7. The van der Waals surface area contributed by atoms with Gasteiger partial charge in [0.25, 0.3) is 0 Å². The van der Waals surface area contributed by atoms with Gasteiger partial charge in [0.1, 0.15) is 17.0 Å². The highest BCUT2D eigenvalue weighted by atomic mass is 16.7. The monoisotopic (exact) mass is 457 g/mol. The van der Waals surface area contributed by atoms with Gasteiger partial charge < -0.3 is 19.3 Å². The van der Waals surface area contributed by atoms with Crippen molar-refractivity contribution in [1.82, 2.24) is 15.0 Å². The summed E-state index contributed by atoms with van der Waals surface area (Å²) in [5, 5.41) is 18.1. The molecule has 2 aromatic rings. The molecule has 3 unspecified atom stereocenters. The molecule has 1 N–H and O–H groups in total. The fourth-order valence-corrected chi connectivity index (χ4v) is 4.91. The van der Waals surface area contributed by atoms with Crippen molar-refractivity contribution in [2.24, 2.45) is 18.9 Å². The van der Waals surface area contributed by atoms with Gasteiger partial charge in [-0.2, -0.15) is 0 Å². The third-order valence-electron chi connectivity index (χ3n) is 7.08. The molecule has 2 heterocycles. The second-order valence-electron chi connectivity index (χ2n) is 9.59. The Morgan fingerprint density at radius 3 is 2.70 bits per heavy atom. The molecule has 1 aromatic carbocycles. The van der Waals surface area contributed by atoms with E-state index < -0.39 is 11.6 Å². The maximum atomic E-state index is 11.6. The summed E-state index contributed by atoms with van der Waals surface area (Å²) in [5.74, 6) is -0.119. The van der Waals surface area contributed by atoms with Crippen molar-refractivity contribution < 1.29 is 24.1 Å². The minimum absolute atomic E-state index is 0.172. The Hall–Kier alpha value is -2.45. The van der Waals surface area contributed by atoms with Gasteiger partial charge in [0.15, 0.2) is 6.29 Å². The van der Waals surface area contributed by atoms with Gasteiger partial charge in [0, 0.05) is 25.6 Å². The fraction of sp³-hybridized carbons (Fsp3) is 0.640. The number of ether oxygens (including phenoxy) is 3. The molecule has 8 nitrogen and oxygen atoms in total. The van der Waals surface area contributed by atoms with Crippen molar-refractivity contribution in [3.63, 3.8) is 0 Å². The number of rotatable bonds is 8. The van der Waals surface area contributed by atoms with Gasteiger partial charge in [-0.25, -0.2) is 4.68 Å². The predicted octanol–water partition coefficient (Wildman–Crippen LogP) is 4.57. The van der Waals surface area contributed by atoms with E-state index in [2.05, 4.69) is 24.2 Å². The summed E-state index contributed by atoms with van der Waals surface area (Å²) >= 11 is 0. The molecular formula is C25H35N3O5. The van der Waals surface area contributed by atoms with Crippen molar-refractivity contribution in [2.45, 2.75) is 77.3 Å². The highest BCUT2D eigenvalue weighted by Crippen LogP contribution is 2.41. The Balaban J connectivity index is 1.47. The summed E-state index contributed by atoms with van der Waals surface area (Å²) in [7, 11) is 1.86. The topological polar surface area (TPSA) is 95.7 Å². The number of carboxylic acids is 1. The summed E-state index contributed by atoms with van der Waals surface area (Å²) in [4.78, 5) is 11.6. The van der Waals surface area contributed by atoms with Crippen LogP contribution in [0.15, 0.2) is 24.3 Å². The maximum Gasteiger partial charge on any atom is 0.306 e. The maximum absolute atomic E-state index is 11.6. The molecule has 180 valence electrons. The Kier molecular flexibility index (Phi) is 7.34. The number of carboxylic acid groups (broad SMARTS) is 1. The number of hydrogen-bond acceptors (Lipinski definition) is 6. The zero-order valence-electron chi connectivity index (χ0n) is 19.8. The average molecular weight is 458 g/mol. The Morgan fingerprint density at radius 2 is 2.03 bits per heavy atom. The number of hydrogen-bond donors (Lipinski definition) is 1. The number of carbonyl (C=O) groups is 1. The van der Waals surface area contributed by atoms with Crippen LogP contribution < -0.4 is 4.74 Å². The van der Waals surface area contributed by atoms with E-state index in [4.69, 9.17) is 14.2 Å². The van der Waals surface area contributed by atoms with Crippen LogP contribution >= 0.6 is 0 Å². The van der Waals surface area contributed by atoms with Gasteiger partial charge >= 0.3 is 5.97 Å². The van der Waals surface area contributed by atoms with Crippen LogP contribution in [0.1, 0.15) is 64.5 Å². The lowest BCUT2D eigenvalue weighted by atomic mass is 9.72. The Bertz CT molecular complexity index is 936. The predicted molar refractivity (Wildman–Crippen MR) is 123 cm³/mol. The molecule has 1 saturated heterocycles. The number of benzene rings is 1. The van der Waals surface area contributed by atoms with Gasteiger partial charge in [0.2, 0.25) is 0 Å². The quantitative estimate of drug-likeness (QED) is 0.620. The van der Waals surface area contributed by atoms with Crippen LogP contribution in [-0.4, -0.2) is 44.6 Å². The lowest BCUT2D eigenvalue weighted by molar-refractivity contribution is -0.169. The molecule has 2 fully saturated rings. The molecule has 1 aliphatic heterocycles. The molecular weight excluding hydrogens is 422 g/mol. The van der Waals surface area contributed by atoms with Crippen LogP contribution in [0.2, 0.25) is 0 Å². The van der Waals surface area contributed by atoms with Gasteiger partial charge in [-0.05, 0) is 68.7 Å². The SMILES string of the molecule is CC(C)C1(Oc2ccc(-c3nnn(C)c3COC3CCCCO3)cc2)CCCC(C(=O)O)C1. The normalized spacial score (nSPS) is 25.8. The number of aromatic nitrogens is 3. The van der Waals surface area contributed by atoms with Crippen LogP contribution in [0.4, 0.5) is 0 Å². The first-order valence-corrected chi connectivity index (χ1v) is 12.0. The zero-order valence-corrected chi connectivity index (χ0v) is 19.8. The second-order valence-corrected chi connectivity index (χ2v) is 9.59. The molecule has 0 radical (unpaired) electrons. The molecule has 1 saturated carbocycles. The molecule has 1 aliphatic carbocycles. The van der Waals surface area contributed by atoms with Crippen molar-refractivity contribution in [2.75, 3.05) is 6.61 Å². The minimum atomic E-state index is -0.727. The van der Waals surface area contributed by atoms with Crippen LogP contribution in [0, 0.1) is 11.8 Å². The van der Waals surface area contributed by atoms with E-state index in [9.17, 15) is 9.90 Å². The summed E-state index contributed by atoms with van der Waals surface area (Å²) in [5.41, 5.74) is 2.15. The summed E-state index contributed by atoms with van der Waals surface area (Å²) in [6, 6.07) is 7.83. The van der Waals surface area contributed by atoms with Crippen LogP contribution in [0.25, 0.3) is 11.3 Å². The molecule has 0 bridgehead atoms. The molecule has 3 atom stereocenters. The Morgan fingerprint density at radius 1 is 1.24 bits per heavy atom. The van der Waals surface area contributed by atoms with Crippen molar-refractivity contribution >= 4 is 5.97 Å². The minimum Gasteiger partial charge on any atom is -0.487 e. The van der Waals surface area contributed by atoms with Crippen molar-refractivity contribution in [3.05, 3.63) is 30.0 Å². The molecule has 33 heavy (non-hydrogen) atoms. The van der Waals surface area contributed by atoms with E-state index in [0.717, 1.165) is 67.8 Å². The van der Waals surface area contributed by atoms with Gasteiger partial charge in [-0.3, -0.25) is 4.79 Å². The third kappa shape index (κ3) is 5.38. The first-order chi connectivity index (χ1) is 15.9. The largest absolute Gasteiger partial charge is 0.487 e. The lowest BCUT2D eigenvalue weighted by Crippen LogP contribution is -2.47. The molecule has 2 aliphatic rings. The van der Waals surface area contributed by atoms with Gasteiger partial charge in [-0.15, -0.1) is 5.10 Å². The third-order valence-corrected chi connectivity index (χ3v) is 7.08. The lowest BCUT2D eigenvalue weighted by Gasteiger charge is -2.43. The summed E-state index contributed by atoms with van der Waals surface area (Å²) in [6.07, 6.45) is 5.93. The van der Waals surface area contributed by atoms with Crippen molar-refractivity contribution in [1.29, 1.82) is 0 Å². The smallest absolute Gasteiger partial charge is 0.306 e. The van der Waals surface area contributed by atoms with E-state index in [-0.39, 0.29) is 18.1 Å². The van der Waals surface area contributed by atoms with Crippen molar-refractivity contribution in [3.8, 4) is 17.0 Å². The number of aryl methyl sites for hydroxylation is 1. The highest BCUT2D eigenvalue weighted by Gasteiger charge is 2.43. The standard InChI is InChI=1S/C25H35N3O5/c1-17(2)25(13-6-7-19(15-25)24(29)30)33-20-11-9-18(10-12-20)23-21(28(3)27-26-23)16-32-22-8-4-5-14-31-22/h9-12,17,19,22H,4-8,13-16H2,1-3H3,(H,29,30). The van der Waals surface area contributed by atoms with Crippen LogP contribution in [0.5, 0.6) is 5.75 Å². The van der Waals surface area contributed by atoms with E-state index in [1.165, 1.54) is 0 Å². The number of aliphatic carboxylic acids is 1. The average Bonchev–Trinajstić information content (AvgIpc) is 3.19. The van der Waals surface area contributed by atoms with Gasteiger partial charge in [0.05, 0.1) is 18.2 Å². The molecule has 0 amide bonds. The summed E-state index contributed by atoms with van der Waals surface area (Å²) < 4.78 is 19.9. The van der Waals surface area contributed by atoms with Crippen LogP contribution in [-0.2, 0) is 27.9 Å². The fourth-order valence-electron chi connectivity index (χ4n) is 4.91. The van der Waals surface area contributed by atoms with E-state index in [0.29, 0.717) is 13.0 Å². The first-order valence-electron chi connectivity index (χ1n) is 12.0. The van der Waals surface area contributed by atoms with E-state index in [1.807, 2.05) is 31.3 Å². The number of nitrogens with zero attached hydrogens (tertiary/aromatic N) is 3. The highest BCUT2D eigenvalue weighted by molar-refractivity contribution is 5.70. The second kappa shape index (κ2) is 10.2. The molecule has 1 aromatic heterocycles. The van der Waals surface area contributed by atoms with E-state index in [1.54, 1.807) is 4.68 Å². The Labute approximate surface area is 195 Å².